The van der Waals surface area contributed by atoms with Crippen LogP contribution in [0.15, 0.2) is 59.8 Å². The maximum atomic E-state index is 12.9. The number of hydrogen-bond donors (Lipinski definition) is 2. The molecule has 0 spiro atoms. The first-order chi connectivity index (χ1) is 17.2. The topological polar surface area (TPSA) is 73.9 Å². The Bertz CT molecular complexity index is 1390. The van der Waals surface area contributed by atoms with Gasteiger partial charge in [-0.05, 0) is 48.1 Å². The van der Waals surface area contributed by atoms with Crippen LogP contribution in [0.1, 0.15) is 29.7 Å². The molecule has 0 saturated heterocycles. The van der Waals surface area contributed by atoms with E-state index in [1.807, 2.05) is 19.2 Å². The first-order valence-corrected chi connectivity index (χ1v) is 12.6. The van der Waals surface area contributed by atoms with E-state index >= 15 is 0 Å². The van der Waals surface area contributed by atoms with Crippen LogP contribution in [0.25, 0.3) is 21.3 Å². The van der Waals surface area contributed by atoms with Gasteiger partial charge in [0.05, 0.1) is 11.8 Å². The molecule has 1 aromatic carbocycles. The highest BCUT2D eigenvalue weighted by atomic mass is 35.5. The summed E-state index contributed by atoms with van der Waals surface area (Å²) in [5.41, 5.74) is 3.06. The van der Waals surface area contributed by atoms with E-state index < -0.39 is 12.6 Å². The fourth-order valence-corrected chi connectivity index (χ4v) is 5.81. The quantitative estimate of drug-likeness (QED) is 0.308. The maximum Gasteiger partial charge on any atom is 0.393 e. The van der Waals surface area contributed by atoms with Gasteiger partial charge in [-0.3, -0.25) is 4.79 Å². The van der Waals surface area contributed by atoms with Crippen LogP contribution in [-0.2, 0) is 13.0 Å². The third-order valence-electron chi connectivity index (χ3n) is 6.69. The number of halogens is 4. The molecule has 0 unspecified atom stereocenters. The smallest absolute Gasteiger partial charge is 0.356 e. The molecule has 0 bridgehead atoms. The minimum absolute atomic E-state index is 0. The second kappa shape index (κ2) is 11.2. The van der Waals surface area contributed by atoms with Crippen molar-refractivity contribution < 1.29 is 13.2 Å². The van der Waals surface area contributed by atoms with Crippen molar-refractivity contribution >= 4 is 39.8 Å². The molecule has 11 heteroatoms. The number of thiophene rings is 1. The van der Waals surface area contributed by atoms with Crippen LogP contribution in [0.4, 0.5) is 19.0 Å². The molecule has 0 radical (unpaired) electrons. The average Bonchev–Trinajstić information content (AvgIpc) is 3.48. The number of H-pyrrole nitrogens is 1. The molecular weight excluding hydrogens is 523 g/mol. The number of aromatic amines is 1. The summed E-state index contributed by atoms with van der Waals surface area (Å²) >= 11 is 1.08. The number of rotatable bonds is 7. The molecule has 1 saturated carbocycles. The third kappa shape index (κ3) is 6.49. The molecule has 2 N–H and O–H groups in total. The molecule has 3 heterocycles. The zero-order chi connectivity index (χ0) is 25.3. The van der Waals surface area contributed by atoms with Crippen molar-refractivity contribution in [2.24, 2.45) is 0 Å². The van der Waals surface area contributed by atoms with Crippen LogP contribution in [0, 0.1) is 0 Å². The number of hydrogen-bond acceptors (Lipinski definition) is 6. The van der Waals surface area contributed by atoms with Crippen LogP contribution in [0.3, 0.4) is 0 Å². The number of nitrogens with one attached hydrogen (secondary N) is 2. The zero-order valence-electron chi connectivity index (χ0n) is 20.1. The van der Waals surface area contributed by atoms with Crippen LogP contribution in [-0.4, -0.2) is 40.3 Å². The minimum Gasteiger partial charge on any atom is -0.356 e. The van der Waals surface area contributed by atoms with Crippen LogP contribution in [0.5, 0.6) is 0 Å². The van der Waals surface area contributed by atoms with Gasteiger partial charge >= 0.3 is 6.18 Å². The fourth-order valence-electron chi connectivity index (χ4n) is 4.79. The number of pyridine rings is 1. The highest BCUT2D eigenvalue weighted by molar-refractivity contribution is 7.18. The van der Waals surface area contributed by atoms with E-state index in [1.54, 1.807) is 18.3 Å². The van der Waals surface area contributed by atoms with Crippen molar-refractivity contribution in [3.8, 4) is 11.1 Å². The molecular formula is C26H27ClF3N5OS. The SMILES string of the molecule is CN(c1ncnc2sc(CC(F)(F)F)cc12)[C@@H]1CC[C@H](NCc2ccc(-c3ccc(=O)[nH]c3)cc2)C1.Cl. The third-order valence-corrected chi connectivity index (χ3v) is 7.73. The summed E-state index contributed by atoms with van der Waals surface area (Å²) in [5.74, 6) is 0.688. The van der Waals surface area contributed by atoms with E-state index in [2.05, 4.69) is 37.3 Å². The normalized spacial score (nSPS) is 17.6. The number of anilines is 1. The second-order valence-electron chi connectivity index (χ2n) is 9.21. The minimum atomic E-state index is -4.24. The molecule has 1 aliphatic rings. The maximum absolute atomic E-state index is 12.9. The van der Waals surface area contributed by atoms with Crippen molar-refractivity contribution in [3.05, 3.63) is 75.8 Å². The van der Waals surface area contributed by atoms with E-state index in [0.29, 0.717) is 22.1 Å². The summed E-state index contributed by atoms with van der Waals surface area (Å²) in [4.78, 5) is 25.5. The fraction of sp³-hybridized carbons (Fsp3) is 0.346. The Kier molecular flexibility index (Phi) is 8.20. The van der Waals surface area contributed by atoms with Gasteiger partial charge in [0.25, 0.3) is 0 Å². The summed E-state index contributed by atoms with van der Waals surface area (Å²) in [7, 11) is 1.96. The lowest BCUT2D eigenvalue weighted by Gasteiger charge is -2.26. The Morgan fingerprint density at radius 2 is 1.86 bits per heavy atom. The van der Waals surface area contributed by atoms with Gasteiger partial charge in [-0.25, -0.2) is 9.97 Å². The lowest BCUT2D eigenvalue weighted by molar-refractivity contribution is -0.126. The average molecular weight is 550 g/mol. The Morgan fingerprint density at radius 3 is 2.57 bits per heavy atom. The van der Waals surface area contributed by atoms with Gasteiger partial charge in [0.15, 0.2) is 0 Å². The van der Waals surface area contributed by atoms with Crippen LogP contribution < -0.4 is 15.8 Å². The number of nitrogens with zero attached hydrogens (tertiary/aromatic N) is 3. The first kappa shape index (κ1) is 27.1. The van der Waals surface area contributed by atoms with Gasteiger partial charge in [0, 0.05) is 42.8 Å². The first-order valence-electron chi connectivity index (χ1n) is 11.8. The van der Waals surface area contributed by atoms with Gasteiger partial charge in [0.2, 0.25) is 5.56 Å². The van der Waals surface area contributed by atoms with E-state index in [0.717, 1.165) is 48.3 Å². The molecule has 1 aliphatic carbocycles. The summed E-state index contributed by atoms with van der Waals surface area (Å²) in [6.07, 6.45) is 0.876. The lowest BCUT2D eigenvalue weighted by atomic mass is 10.1. The number of fused-ring (bicyclic) bond motifs is 1. The number of benzene rings is 1. The second-order valence-corrected chi connectivity index (χ2v) is 10.3. The van der Waals surface area contributed by atoms with Gasteiger partial charge < -0.3 is 15.2 Å². The summed E-state index contributed by atoms with van der Waals surface area (Å²) < 4.78 is 38.6. The van der Waals surface area contributed by atoms with Crippen molar-refractivity contribution in [1.29, 1.82) is 0 Å². The largest absolute Gasteiger partial charge is 0.393 e. The molecule has 1 fully saturated rings. The van der Waals surface area contributed by atoms with Crippen molar-refractivity contribution in [2.75, 3.05) is 11.9 Å². The molecule has 37 heavy (non-hydrogen) atoms. The Morgan fingerprint density at radius 1 is 1.11 bits per heavy atom. The molecule has 6 nitrogen and oxygen atoms in total. The van der Waals surface area contributed by atoms with Crippen molar-refractivity contribution in [2.45, 2.75) is 50.5 Å². The van der Waals surface area contributed by atoms with Crippen LogP contribution >= 0.6 is 23.7 Å². The molecule has 3 aromatic heterocycles. The molecule has 0 amide bonds. The van der Waals surface area contributed by atoms with Crippen molar-refractivity contribution in [3.63, 3.8) is 0 Å². The lowest BCUT2D eigenvalue weighted by Crippen LogP contribution is -2.33. The van der Waals surface area contributed by atoms with E-state index in [-0.39, 0.29) is 28.9 Å². The predicted octanol–water partition coefficient (Wildman–Crippen LogP) is 5.72. The molecule has 0 aliphatic heterocycles. The van der Waals surface area contributed by atoms with Gasteiger partial charge in [0.1, 0.15) is 17.0 Å². The van der Waals surface area contributed by atoms with Crippen molar-refractivity contribution in [1.82, 2.24) is 20.3 Å². The van der Waals surface area contributed by atoms with E-state index in [4.69, 9.17) is 0 Å². The van der Waals surface area contributed by atoms with Crippen LogP contribution in [0.2, 0.25) is 0 Å². The molecule has 2 atom stereocenters. The summed E-state index contributed by atoms with van der Waals surface area (Å²) in [6, 6.07) is 13.8. The number of alkyl halides is 3. The van der Waals surface area contributed by atoms with E-state index in [9.17, 15) is 18.0 Å². The van der Waals surface area contributed by atoms with Gasteiger partial charge in [-0.2, -0.15) is 13.2 Å². The standard InChI is InChI=1S/C26H26F3N5OS.ClH/c1-34(24-22-11-21(12-26(27,28)29)36-25(22)33-15-32-24)20-8-7-19(10-20)30-13-16-2-4-17(5-3-16)18-6-9-23(35)31-14-18;/h2-6,9,11,14-15,19-20,30H,7-8,10,12-13H2,1H3,(H,31,35);1H/t19-,20+;/m0./s1. The molecule has 196 valence electrons. The Hall–Kier alpha value is -2.95. The van der Waals surface area contributed by atoms with E-state index in [1.165, 1.54) is 18.0 Å². The summed E-state index contributed by atoms with van der Waals surface area (Å²) in [6.45, 7) is 0.746. The van der Waals surface area contributed by atoms with Gasteiger partial charge in [-0.1, -0.05) is 24.3 Å². The Balaban J connectivity index is 0.00000320. The predicted molar refractivity (Wildman–Crippen MR) is 144 cm³/mol. The zero-order valence-corrected chi connectivity index (χ0v) is 21.7. The summed E-state index contributed by atoms with van der Waals surface area (Å²) in [5, 5.41) is 4.32. The highest BCUT2D eigenvalue weighted by Crippen LogP contribution is 2.35. The monoisotopic (exact) mass is 549 g/mol. The Labute approximate surface area is 222 Å². The molecule has 5 rings (SSSR count). The molecule has 4 aromatic rings. The van der Waals surface area contributed by atoms with Gasteiger partial charge in [-0.15, -0.1) is 23.7 Å². The highest BCUT2D eigenvalue weighted by Gasteiger charge is 2.31. The number of aromatic nitrogens is 3.